The maximum absolute atomic E-state index is 12.5. The van der Waals surface area contributed by atoms with Gasteiger partial charge >= 0.3 is 0 Å². The SMILES string of the molecule is CC1(C)SC(=S)N(Cc2ccccc2)C1NC(=O)c1cccs1. The van der Waals surface area contributed by atoms with Gasteiger partial charge in [0.15, 0.2) is 0 Å². The topological polar surface area (TPSA) is 32.3 Å². The van der Waals surface area contributed by atoms with E-state index >= 15 is 0 Å². The van der Waals surface area contributed by atoms with Crippen LogP contribution in [0, 0.1) is 0 Å². The second kappa shape index (κ2) is 6.63. The maximum atomic E-state index is 12.5. The van der Waals surface area contributed by atoms with Crippen LogP contribution in [0.15, 0.2) is 47.8 Å². The minimum atomic E-state index is -0.168. The van der Waals surface area contributed by atoms with Crippen molar-refractivity contribution in [2.75, 3.05) is 0 Å². The molecule has 0 aliphatic carbocycles. The molecule has 1 amide bonds. The van der Waals surface area contributed by atoms with Gasteiger partial charge in [-0.3, -0.25) is 4.79 Å². The Hall–Kier alpha value is -1.37. The first kappa shape index (κ1) is 16.5. The molecule has 1 aromatic heterocycles. The van der Waals surface area contributed by atoms with Crippen molar-refractivity contribution >= 4 is 45.5 Å². The third-order valence-electron chi connectivity index (χ3n) is 3.76. The average Bonchev–Trinajstić information content (AvgIpc) is 3.11. The molecule has 0 spiro atoms. The molecule has 23 heavy (non-hydrogen) atoms. The number of amides is 1. The third kappa shape index (κ3) is 3.59. The van der Waals surface area contributed by atoms with Crippen LogP contribution in [0.1, 0.15) is 29.1 Å². The highest BCUT2D eigenvalue weighted by Gasteiger charge is 2.45. The van der Waals surface area contributed by atoms with Gasteiger partial charge in [0, 0.05) is 6.54 Å². The molecule has 1 N–H and O–H groups in total. The number of carbonyl (C=O) groups is 1. The van der Waals surface area contributed by atoms with Crippen molar-refractivity contribution in [2.45, 2.75) is 31.3 Å². The van der Waals surface area contributed by atoms with Gasteiger partial charge in [-0.2, -0.15) is 0 Å². The van der Waals surface area contributed by atoms with E-state index in [1.807, 2.05) is 35.7 Å². The van der Waals surface area contributed by atoms with Gasteiger partial charge in [-0.25, -0.2) is 0 Å². The zero-order chi connectivity index (χ0) is 16.4. The fraction of sp³-hybridized carbons (Fsp3) is 0.294. The van der Waals surface area contributed by atoms with Crippen molar-refractivity contribution in [3.8, 4) is 0 Å². The van der Waals surface area contributed by atoms with E-state index in [0.29, 0.717) is 6.54 Å². The van der Waals surface area contributed by atoms with E-state index in [-0.39, 0.29) is 16.8 Å². The molecule has 1 fully saturated rings. The number of thiocarbonyl (C=S) groups is 1. The lowest BCUT2D eigenvalue weighted by Gasteiger charge is -2.32. The minimum absolute atomic E-state index is 0.0403. The average molecular weight is 363 g/mol. The molecule has 1 unspecified atom stereocenters. The molecular formula is C17H18N2OS3. The van der Waals surface area contributed by atoms with E-state index in [2.05, 4.69) is 36.2 Å². The number of benzene rings is 1. The number of nitrogens with zero attached hydrogens (tertiary/aromatic N) is 1. The Kier molecular flexibility index (Phi) is 4.75. The summed E-state index contributed by atoms with van der Waals surface area (Å²) < 4.78 is 0.661. The van der Waals surface area contributed by atoms with Gasteiger partial charge in [-0.1, -0.05) is 60.4 Å². The standard InChI is InChI=1S/C17H18N2OS3/c1-17(2)15(18-14(20)13-9-6-10-22-13)19(16(21)23-17)11-12-7-4-3-5-8-12/h3-10,15H,11H2,1-2H3,(H,18,20). The van der Waals surface area contributed by atoms with E-state index in [1.54, 1.807) is 11.8 Å². The predicted octanol–water partition coefficient (Wildman–Crippen LogP) is 4.12. The van der Waals surface area contributed by atoms with Crippen molar-refractivity contribution in [2.24, 2.45) is 0 Å². The fourth-order valence-electron chi connectivity index (χ4n) is 2.61. The van der Waals surface area contributed by atoms with Gasteiger partial charge in [0.1, 0.15) is 10.5 Å². The summed E-state index contributed by atoms with van der Waals surface area (Å²) in [6, 6.07) is 13.9. The molecule has 1 aromatic carbocycles. The molecule has 2 aromatic rings. The highest BCUT2D eigenvalue weighted by atomic mass is 32.2. The van der Waals surface area contributed by atoms with Crippen molar-refractivity contribution in [1.82, 2.24) is 10.2 Å². The fourth-order valence-corrected chi connectivity index (χ4v) is 5.09. The Morgan fingerprint density at radius 1 is 1.26 bits per heavy atom. The van der Waals surface area contributed by atoms with Crippen molar-refractivity contribution in [3.63, 3.8) is 0 Å². The van der Waals surface area contributed by atoms with Crippen LogP contribution in [-0.4, -0.2) is 26.0 Å². The predicted molar refractivity (Wildman–Crippen MR) is 102 cm³/mol. The number of hydrogen-bond acceptors (Lipinski definition) is 4. The molecule has 1 saturated heterocycles. The zero-order valence-electron chi connectivity index (χ0n) is 13.0. The Bertz CT molecular complexity index is 698. The molecule has 3 nitrogen and oxygen atoms in total. The highest BCUT2D eigenvalue weighted by Crippen LogP contribution is 2.41. The zero-order valence-corrected chi connectivity index (χ0v) is 15.4. The molecular weight excluding hydrogens is 344 g/mol. The maximum Gasteiger partial charge on any atom is 0.262 e. The Labute approximate surface area is 150 Å². The Balaban J connectivity index is 1.81. The van der Waals surface area contributed by atoms with Crippen LogP contribution < -0.4 is 5.32 Å². The lowest BCUT2D eigenvalue weighted by atomic mass is 10.1. The summed E-state index contributed by atoms with van der Waals surface area (Å²) in [5, 5.41) is 5.07. The minimum Gasteiger partial charge on any atom is -0.331 e. The van der Waals surface area contributed by atoms with E-state index in [0.717, 1.165) is 9.20 Å². The van der Waals surface area contributed by atoms with E-state index in [4.69, 9.17) is 12.2 Å². The molecule has 3 rings (SSSR count). The van der Waals surface area contributed by atoms with Gasteiger partial charge < -0.3 is 10.2 Å². The summed E-state index contributed by atoms with van der Waals surface area (Å²) in [6.45, 7) is 4.94. The van der Waals surface area contributed by atoms with Crippen LogP contribution in [0.4, 0.5) is 0 Å². The number of thioether (sulfide) groups is 1. The van der Waals surface area contributed by atoms with E-state index in [9.17, 15) is 4.79 Å². The van der Waals surface area contributed by atoms with Crippen LogP contribution in [-0.2, 0) is 6.54 Å². The first-order valence-corrected chi connectivity index (χ1v) is 9.46. The number of thiophene rings is 1. The summed E-state index contributed by atoms with van der Waals surface area (Å²) in [4.78, 5) is 15.3. The molecule has 1 aliphatic heterocycles. The molecule has 0 bridgehead atoms. The largest absolute Gasteiger partial charge is 0.331 e. The molecule has 2 heterocycles. The number of carbonyl (C=O) groups excluding carboxylic acids is 1. The first-order chi connectivity index (χ1) is 11.0. The lowest BCUT2D eigenvalue weighted by Crippen LogP contribution is -2.53. The molecule has 1 aliphatic rings. The Morgan fingerprint density at radius 2 is 2.00 bits per heavy atom. The van der Waals surface area contributed by atoms with Crippen LogP contribution in [0.25, 0.3) is 0 Å². The van der Waals surface area contributed by atoms with Crippen LogP contribution in [0.3, 0.4) is 0 Å². The summed E-state index contributed by atoms with van der Waals surface area (Å²) >= 11 is 8.65. The second-order valence-electron chi connectivity index (χ2n) is 5.94. The van der Waals surface area contributed by atoms with Crippen LogP contribution in [0.2, 0.25) is 0 Å². The summed E-state index contributed by atoms with van der Waals surface area (Å²) in [5.41, 5.74) is 1.18. The van der Waals surface area contributed by atoms with E-state index in [1.165, 1.54) is 16.9 Å². The third-order valence-corrected chi connectivity index (χ3v) is 6.28. The van der Waals surface area contributed by atoms with Gasteiger partial charge in [-0.05, 0) is 30.9 Å². The van der Waals surface area contributed by atoms with Crippen molar-refractivity contribution in [3.05, 3.63) is 58.3 Å². The van der Waals surface area contributed by atoms with Gasteiger partial charge in [0.05, 0.1) is 9.62 Å². The van der Waals surface area contributed by atoms with Gasteiger partial charge in [0.2, 0.25) is 0 Å². The summed E-state index contributed by atoms with van der Waals surface area (Å²) in [6.07, 6.45) is -0.130. The highest BCUT2D eigenvalue weighted by molar-refractivity contribution is 8.24. The lowest BCUT2D eigenvalue weighted by molar-refractivity contribution is 0.0889. The van der Waals surface area contributed by atoms with Crippen LogP contribution >= 0.6 is 35.3 Å². The van der Waals surface area contributed by atoms with Crippen LogP contribution in [0.5, 0.6) is 0 Å². The summed E-state index contributed by atoms with van der Waals surface area (Å²) in [5.74, 6) is -0.0403. The smallest absolute Gasteiger partial charge is 0.262 e. The van der Waals surface area contributed by atoms with Gasteiger partial charge in [0.25, 0.3) is 5.91 Å². The second-order valence-corrected chi connectivity index (χ2v) is 9.17. The number of nitrogens with one attached hydrogen (secondary N) is 1. The summed E-state index contributed by atoms with van der Waals surface area (Å²) in [7, 11) is 0. The van der Waals surface area contributed by atoms with E-state index < -0.39 is 0 Å². The normalized spacial score (nSPS) is 19.8. The number of rotatable bonds is 4. The van der Waals surface area contributed by atoms with Crippen molar-refractivity contribution in [1.29, 1.82) is 0 Å². The van der Waals surface area contributed by atoms with Gasteiger partial charge in [-0.15, -0.1) is 11.3 Å². The molecule has 1 atom stereocenters. The molecule has 120 valence electrons. The Morgan fingerprint density at radius 3 is 2.65 bits per heavy atom. The first-order valence-electron chi connectivity index (χ1n) is 7.35. The quantitative estimate of drug-likeness (QED) is 0.830. The molecule has 6 heteroatoms. The molecule has 0 radical (unpaired) electrons. The monoisotopic (exact) mass is 362 g/mol. The van der Waals surface area contributed by atoms with Crippen molar-refractivity contribution < 1.29 is 4.79 Å². The molecule has 0 saturated carbocycles. The number of hydrogen-bond donors (Lipinski definition) is 1.